The van der Waals surface area contributed by atoms with Crippen molar-refractivity contribution in [2.24, 2.45) is 0 Å². The molecule has 0 atom stereocenters. The van der Waals surface area contributed by atoms with E-state index in [1.807, 2.05) is 0 Å². The zero-order valence-corrected chi connectivity index (χ0v) is 13.6. The van der Waals surface area contributed by atoms with Crippen molar-refractivity contribution in [2.45, 2.75) is 13.8 Å². The molecule has 0 saturated heterocycles. The van der Waals surface area contributed by atoms with Gasteiger partial charge in [-0.05, 0) is 37.2 Å². The summed E-state index contributed by atoms with van der Waals surface area (Å²) in [4.78, 5) is 27.5. The van der Waals surface area contributed by atoms with Crippen molar-refractivity contribution in [2.75, 3.05) is 11.9 Å². The van der Waals surface area contributed by atoms with E-state index in [0.717, 1.165) is 0 Å². The number of H-pyrrole nitrogens is 1. The van der Waals surface area contributed by atoms with Gasteiger partial charge in [0.1, 0.15) is 11.4 Å². The topological polar surface area (TPSA) is 110 Å². The summed E-state index contributed by atoms with van der Waals surface area (Å²) in [6.07, 6.45) is 0. The van der Waals surface area contributed by atoms with Gasteiger partial charge in [0.05, 0.1) is 12.3 Å². The number of nitrogens with one attached hydrogen (secondary N) is 2. The molecule has 124 valence electrons. The second kappa shape index (κ2) is 6.32. The Morgan fingerprint density at radius 3 is 2.83 bits per heavy atom. The van der Waals surface area contributed by atoms with Crippen LogP contribution in [0.3, 0.4) is 0 Å². The summed E-state index contributed by atoms with van der Waals surface area (Å²) in [5.41, 5.74) is 1.38. The lowest BCUT2D eigenvalue weighted by molar-refractivity contribution is 0.0522. The fourth-order valence-electron chi connectivity index (χ4n) is 2.26. The van der Waals surface area contributed by atoms with E-state index in [1.54, 1.807) is 32.0 Å². The number of ether oxygens (including phenoxy) is 1. The van der Waals surface area contributed by atoms with Gasteiger partial charge in [-0.25, -0.2) is 9.42 Å². The number of fused-ring (bicyclic) bond motifs is 1. The van der Waals surface area contributed by atoms with Gasteiger partial charge in [0.2, 0.25) is 0 Å². The number of halogens is 1. The van der Waals surface area contributed by atoms with Crippen molar-refractivity contribution < 1.29 is 19.0 Å². The van der Waals surface area contributed by atoms with Gasteiger partial charge in [-0.2, -0.15) is 0 Å². The molecular formula is C15H13ClN4O4. The Kier molecular flexibility index (Phi) is 4.22. The van der Waals surface area contributed by atoms with E-state index in [9.17, 15) is 9.59 Å². The van der Waals surface area contributed by atoms with Crippen LogP contribution in [0.1, 0.15) is 33.6 Å². The molecule has 2 aromatic heterocycles. The number of rotatable bonds is 4. The summed E-state index contributed by atoms with van der Waals surface area (Å²) in [6.45, 7) is 3.48. The molecule has 3 aromatic rings. The van der Waals surface area contributed by atoms with Gasteiger partial charge < -0.3 is 15.0 Å². The van der Waals surface area contributed by atoms with E-state index in [2.05, 4.69) is 25.2 Å². The third-order valence-corrected chi connectivity index (χ3v) is 3.58. The van der Waals surface area contributed by atoms with Crippen LogP contribution in [0.5, 0.6) is 0 Å². The molecule has 0 aliphatic heterocycles. The first-order valence-corrected chi connectivity index (χ1v) is 7.48. The number of hydrogen-bond donors (Lipinski definition) is 2. The molecule has 0 radical (unpaired) electrons. The van der Waals surface area contributed by atoms with Crippen LogP contribution in [-0.4, -0.2) is 33.8 Å². The number of carbonyl (C=O) groups excluding carboxylic acids is 2. The maximum Gasteiger partial charge on any atom is 0.356 e. The number of amides is 1. The third kappa shape index (κ3) is 2.83. The molecule has 0 saturated carbocycles. The molecule has 3 rings (SSSR count). The van der Waals surface area contributed by atoms with E-state index >= 15 is 0 Å². The third-order valence-electron chi connectivity index (χ3n) is 3.35. The van der Waals surface area contributed by atoms with Crippen molar-refractivity contribution in [1.82, 2.24) is 15.3 Å². The van der Waals surface area contributed by atoms with Gasteiger partial charge >= 0.3 is 5.97 Å². The molecule has 0 fully saturated rings. The minimum absolute atomic E-state index is 0.0289. The van der Waals surface area contributed by atoms with Crippen LogP contribution in [0.15, 0.2) is 22.8 Å². The number of carbonyl (C=O) groups is 2. The number of esters is 1. The fourth-order valence-corrected chi connectivity index (χ4v) is 2.43. The van der Waals surface area contributed by atoms with E-state index in [4.69, 9.17) is 16.3 Å². The molecule has 9 heteroatoms. The lowest BCUT2D eigenvalue weighted by atomic mass is 10.2. The van der Waals surface area contributed by atoms with E-state index in [1.165, 1.54) is 0 Å². The van der Waals surface area contributed by atoms with Gasteiger partial charge in [0, 0.05) is 15.9 Å². The molecule has 0 spiro atoms. The minimum atomic E-state index is -0.588. The summed E-state index contributed by atoms with van der Waals surface area (Å²) in [5, 5.41) is 10.8. The number of anilines is 1. The van der Waals surface area contributed by atoms with Crippen molar-refractivity contribution in [3.63, 3.8) is 0 Å². The first kappa shape index (κ1) is 16.0. The second-order valence-electron chi connectivity index (χ2n) is 4.94. The van der Waals surface area contributed by atoms with E-state index in [-0.39, 0.29) is 23.7 Å². The molecule has 2 N–H and O–H groups in total. The summed E-state index contributed by atoms with van der Waals surface area (Å²) < 4.78 is 9.55. The Morgan fingerprint density at radius 2 is 2.17 bits per heavy atom. The summed E-state index contributed by atoms with van der Waals surface area (Å²) in [7, 11) is 0. The average Bonchev–Trinajstić information content (AvgIpc) is 3.12. The zero-order valence-electron chi connectivity index (χ0n) is 12.8. The van der Waals surface area contributed by atoms with Gasteiger partial charge in [0.15, 0.2) is 5.69 Å². The summed E-state index contributed by atoms with van der Waals surface area (Å²) >= 11 is 6.02. The summed E-state index contributed by atoms with van der Waals surface area (Å²) in [5.74, 6) is -1.14. The number of aromatic amines is 1. The largest absolute Gasteiger partial charge is 0.461 e. The molecule has 8 nitrogen and oxygen atoms in total. The standard InChI is InChI=1S/C15H13ClN4O4/c1-3-23-15(22)13-12(9-6-8(16)4-5-10(9)17-13)18-14(21)11-7(2)19-24-20-11/h4-6,17H,3H2,1-2H3,(H,18,21). The van der Waals surface area contributed by atoms with Crippen LogP contribution in [0.4, 0.5) is 5.69 Å². The van der Waals surface area contributed by atoms with Crippen LogP contribution in [0, 0.1) is 6.92 Å². The molecule has 0 unspecified atom stereocenters. The number of hydrogen-bond acceptors (Lipinski definition) is 6. The van der Waals surface area contributed by atoms with E-state index in [0.29, 0.717) is 21.6 Å². The van der Waals surface area contributed by atoms with Gasteiger partial charge in [0.25, 0.3) is 5.91 Å². The average molecular weight is 349 g/mol. The highest BCUT2D eigenvalue weighted by atomic mass is 35.5. The lowest BCUT2D eigenvalue weighted by Gasteiger charge is -2.06. The maximum absolute atomic E-state index is 12.4. The Bertz CT molecular complexity index is 931. The Labute approximate surface area is 141 Å². The summed E-state index contributed by atoms with van der Waals surface area (Å²) in [6, 6.07) is 5.02. The Balaban J connectivity index is 2.08. The second-order valence-corrected chi connectivity index (χ2v) is 5.37. The van der Waals surface area contributed by atoms with Gasteiger partial charge in [-0.3, -0.25) is 4.79 Å². The van der Waals surface area contributed by atoms with Crippen molar-refractivity contribution in [3.8, 4) is 0 Å². The SMILES string of the molecule is CCOC(=O)c1[nH]c2ccc(Cl)cc2c1NC(=O)c1nonc1C. The fraction of sp³-hybridized carbons (Fsp3) is 0.200. The number of nitrogens with zero attached hydrogens (tertiary/aromatic N) is 2. The predicted octanol–water partition coefficient (Wildman–Crippen LogP) is 2.94. The van der Waals surface area contributed by atoms with Crippen molar-refractivity contribution in [1.29, 1.82) is 0 Å². The number of aromatic nitrogens is 3. The monoisotopic (exact) mass is 348 g/mol. The minimum Gasteiger partial charge on any atom is -0.461 e. The highest BCUT2D eigenvalue weighted by Crippen LogP contribution is 2.31. The van der Waals surface area contributed by atoms with Crippen LogP contribution >= 0.6 is 11.6 Å². The first-order valence-electron chi connectivity index (χ1n) is 7.10. The molecule has 0 aliphatic rings. The van der Waals surface area contributed by atoms with Crippen molar-refractivity contribution >= 4 is 40.1 Å². The van der Waals surface area contributed by atoms with Crippen LogP contribution in [0.25, 0.3) is 10.9 Å². The van der Waals surface area contributed by atoms with Crippen LogP contribution in [-0.2, 0) is 4.74 Å². The normalized spacial score (nSPS) is 10.8. The number of aryl methyl sites for hydroxylation is 1. The quantitative estimate of drug-likeness (QED) is 0.701. The Morgan fingerprint density at radius 1 is 1.38 bits per heavy atom. The molecule has 1 aromatic carbocycles. The van der Waals surface area contributed by atoms with Crippen molar-refractivity contribution in [3.05, 3.63) is 40.3 Å². The van der Waals surface area contributed by atoms with Crippen LogP contribution in [0.2, 0.25) is 5.02 Å². The zero-order chi connectivity index (χ0) is 17.3. The molecule has 24 heavy (non-hydrogen) atoms. The van der Waals surface area contributed by atoms with Crippen LogP contribution < -0.4 is 5.32 Å². The van der Waals surface area contributed by atoms with Gasteiger partial charge in [-0.1, -0.05) is 16.8 Å². The predicted molar refractivity (Wildman–Crippen MR) is 86.3 cm³/mol. The Hall–Kier alpha value is -2.87. The highest BCUT2D eigenvalue weighted by molar-refractivity contribution is 6.31. The smallest absolute Gasteiger partial charge is 0.356 e. The number of benzene rings is 1. The highest BCUT2D eigenvalue weighted by Gasteiger charge is 2.23. The maximum atomic E-state index is 12.4. The van der Waals surface area contributed by atoms with E-state index < -0.39 is 11.9 Å². The lowest BCUT2D eigenvalue weighted by Crippen LogP contribution is -2.16. The first-order chi connectivity index (χ1) is 11.5. The van der Waals surface area contributed by atoms with Gasteiger partial charge in [-0.15, -0.1) is 0 Å². The molecular weight excluding hydrogens is 336 g/mol. The molecule has 0 bridgehead atoms. The molecule has 0 aliphatic carbocycles. The molecule has 2 heterocycles. The molecule has 1 amide bonds.